The van der Waals surface area contributed by atoms with Crippen LogP contribution >= 0.6 is 0 Å². The van der Waals surface area contributed by atoms with Gasteiger partial charge in [0.15, 0.2) is 11.6 Å². The lowest BCUT2D eigenvalue weighted by Gasteiger charge is -2.62. The first-order valence-corrected chi connectivity index (χ1v) is 9.55. The van der Waals surface area contributed by atoms with Crippen LogP contribution in [0.5, 0.6) is 0 Å². The van der Waals surface area contributed by atoms with E-state index in [1.165, 1.54) is 0 Å². The largest absolute Gasteiger partial charge is 0.465 e. The van der Waals surface area contributed by atoms with Crippen molar-refractivity contribution in [1.82, 2.24) is 0 Å². The number of fused-ring (bicyclic) bond motifs is 3. The van der Waals surface area contributed by atoms with Gasteiger partial charge in [-0.15, -0.1) is 0 Å². The summed E-state index contributed by atoms with van der Waals surface area (Å²) in [6, 6.07) is 0. The summed E-state index contributed by atoms with van der Waals surface area (Å²) < 4.78 is 5.52. The zero-order valence-electron chi connectivity index (χ0n) is 14.9. The fourth-order valence-electron chi connectivity index (χ4n) is 6.30. The van der Waals surface area contributed by atoms with Crippen LogP contribution in [0.25, 0.3) is 0 Å². The highest BCUT2D eigenvalue weighted by Gasteiger charge is 2.73. The van der Waals surface area contributed by atoms with Crippen molar-refractivity contribution in [2.75, 3.05) is 6.61 Å². The lowest BCUT2D eigenvalue weighted by atomic mass is 9.38. The molecule has 25 heavy (non-hydrogen) atoms. The number of hydrogen-bond acceptors (Lipinski definition) is 4. The number of carbonyl (C=O) groups is 3. The summed E-state index contributed by atoms with van der Waals surface area (Å²) in [5.74, 6) is -0.774. The second-order valence-corrected chi connectivity index (χ2v) is 8.33. The van der Waals surface area contributed by atoms with Crippen LogP contribution in [0.15, 0.2) is 24.3 Å². The van der Waals surface area contributed by atoms with E-state index in [0.29, 0.717) is 43.4 Å². The Balaban J connectivity index is 1.92. The van der Waals surface area contributed by atoms with Crippen molar-refractivity contribution in [3.8, 4) is 0 Å². The molecule has 2 unspecified atom stereocenters. The van der Waals surface area contributed by atoms with Gasteiger partial charge in [0.05, 0.1) is 17.4 Å². The van der Waals surface area contributed by atoms with Gasteiger partial charge in [-0.1, -0.05) is 32.9 Å². The quantitative estimate of drug-likeness (QED) is 0.448. The molecule has 0 radical (unpaired) electrons. The molecule has 1 spiro atoms. The maximum Gasteiger partial charge on any atom is 0.313 e. The van der Waals surface area contributed by atoms with Gasteiger partial charge in [0.25, 0.3) is 0 Å². The van der Waals surface area contributed by atoms with Gasteiger partial charge in [-0.2, -0.15) is 0 Å². The molecule has 134 valence electrons. The van der Waals surface area contributed by atoms with Gasteiger partial charge < -0.3 is 4.74 Å². The van der Waals surface area contributed by atoms with Gasteiger partial charge in [-0.3, -0.25) is 14.4 Å². The summed E-state index contributed by atoms with van der Waals surface area (Å²) in [7, 11) is 0. The van der Waals surface area contributed by atoms with Gasteiger partial charge >= 0.3 is 5.97 Å². The molecule has 4 aliphatic carbocycles. The molecule has 0 N–H and O–H groups in total. The molecule has 5 atom stereocenters. The first-order valence-electron chi connectivity index (χ1n) is 9.55. The maximum absolute atomic E-state index is 13.4. The van der Waals surface area contributed by atoms with Crippen molar-refractivity contribution >= 4 is 17.5 Å². The van der Waals surface area contributed by atoms with Gasteiger partial charge in [0.2, 0.25) is 0 Å². The minimum absolute atomic E-state index is 0.104. The van der Waals surface area contributed by atoms with Crippen molar-refractivity contribution in [2.24, 2.45) is 28.6 Å². The normalized spacial score (nSPS) is 42.9. The minimum Gasteiger partial charge on any atom is -0.465 e. The Morgan fingerprint density at radius 1 is 1.12 bits per heavy atom. The van der Waals surface area contributed by atoms with Crippen LogP contribution in [0.4, 0.5) is 0 Å². The van der Waals surface area contributed by atoms with Crippen LogP contribution in [-0.2, 0) is 19.1 Å². The van der Waals surface area contributed by atoms with Gasteiger partial charge in [-0.25, -0.2) is 0 Å². The zero-order chi connectivity index (χ0) is 18.0. The summed E-state index contributed by atoms with van der Waals surface area (Å²) in [5, 5.41) is 0. The lowest BCUT2D eigenvalue weighted by Crippen LogP contribution is -2.68. The number of unbranched alkanes of at least 4 members (excludes halogenated alkanes) is 1. The molecule has 2 bridgehead atoms. The predicted octanol–water partition coefficient (Wildman–Crippen LogP) is 3.41. The molecule has 1 saturated heterocycles. The SMILES string of the molecule is C=C1C(=O)[C@@]23CC[C@@H](CC2[C@@]2(CCCC)C(=O)OCCC12)C(=C)C3=O. The van der Waals surface area contributed by atoms with Crippen LogP contribution < -0.4 is 0 Å². The minimum atomic E-state index is -1.11. The third kappa shape index (κ3) is 1.81. The van der Waals surface area contributed by atoms with E-state index in [1.807, 2.05) is 0 Å². The van der Waals surface area contributed by atoms with Gasteiger partial charge in [0.1, 0.15) is 0 Å². The highest BCUT2D eigenvalue weighted by molar-refractivity contribution is 6.22. The van der Waals surface area contributed by atoms with E-state index in [1.54, 1.807) is 0 Å². The number of rotatable bonds is 3. The van der Waals surface area contributed by atoms with E-state index in [0.717, 1.165) is 19.3 Å². The van der Waals surface area contributed by atoms with E-state index in [9.17, 15) is 14.4 Å². The summed E-state index contributed by atoms with van der Waals surface area (Å²) >= 11 is 0. The molecule has 1 heterocycles. The fraction of sp³-hybridized carbons (Fsp3) is 0.667. The number of ketones is 2. The molecule has 5 rings (SSSR count). The molecule has 1 aliphatic heterocycles. The molecule has 5 fully saturated rings. The summed E-state index contributed by atoms with van der Waals surface area (Å²) in [4.78, 5) is 39.7. The smallest absolute Gasteiger partial charge is 0.313 e. The van der Waals surface area contributed by atoms with Crippen molar-refractivity contribution < 1.29 is 19.1 Å². The number of ether oxygens (including phenoxy) is 1. The van der Waals surface area contributed by atoms with Crippen LogP contribution in [0.3, 0.4) is 0 Å². The molecule has 4 heteroatoms. The molecule has 4 saturated carbocycles. The van der Waals surface area contributed by atoms with Crippen LogP contribution in [0, 0.1) is 28.6 Å². The first kappa shape index (κ1) is 16.7. The second kappa shape index (κ2) is 5.39. The summed E-state index contributed by atoms with van der Waals surface area (Å²) in [5.41, 5.74) is -0.805. The first-order chi connectivity index (χ1) is 11.9. The number of cyclic esters (lactones) is 1. The van der Waals surface area contributed by atoms with Crippen molar-refractivity contribution in [2.45, 2.75) is 51.9 Å². The Morgan fingerprint density at radius 2 is 1.84 bits per heavy atom. The van der Waals surface area contributed by atoms with Crippen LogP contribution in [0.2, 0.25) is 0 Å². The molecular weight excluding hydrogens is 316 g/mol. The molecule has 0 aromatic carbocycles. The average Bonchev–Trinajstić information content (AvgIpc) is 2.62. The van der Waals surface area contributed by atoms with Gasteiger partial charge in [0, 0.05) is 5.92 Å². The Bertz CT molecular complexity index is 705. The maximum atomic E-state index is 13.4. The fourth-order valence-corrected chi connectivity index (χ4v) is 6.30. The summed E-state index contributed by atoms with van der Waals surface area (Å²) in [6.07, 6.45) is 5.23. The Labute approximate surface area is 148 Å². The number of esters is 1. The van der Waals surface area contributed by atoms with Crippen molar-refractivity contribution in [3.63, 3.8) is 0 Å². The van der Waals surface area contributed by atoms with E-state index >= 15 is 0 Å². The Morgan fingerprint density at radius 3 is 2.56 bits per heavy atom. The number of carbonyl (C=O) groups excluding carboxylic acids is 3. The highest BCUT2D eigenvalue weighted by atomic mass is 16.5. The Kier molecular flexibility index (Phi) is 3.61. The van der Waals surface area contributed by atoms with Crippen LogP contribution in [0.1, 0.15) is 51.9 Å². The van der Waals surface area contributed by atoms with Crippen molar-refractivity contribution in [1.29, 1.82) is 0 Å². The number of Topliss-reactive ketones (excluding diaryl/α,β-unsaturated/α-hetero) is 2. The molecular formula is C21H26O4. The third-order valence-electron chi connectivity index (χ3n) is 7.52. The standard InChI is InChI=1S/C21H26O4/c1-4-5-8-20-15(7-10-25-19(20)24)13(3)18(23)21-9-6-14(11-16(20)21)12(2)17(21)22/h14-16H,2-11H2,1H3/t14-,15?,16?,20-,21-/m0/s1. The van der Waals surface area contributed by atoms with E-state index in [-0.39, 0.29) is 35.3 Å². The van der Waals surface area contributed by atoms with E-state index in [2.05, 4.69) is 20.1 Å². The summed E-state index contributed by atoms with van der Waals surface area (Å²) in [6.45, 7) is 10.5. The molecule has 5 aliphatic rings. The second-order valence-electron chi connectivity index (χ2n) is 8.33. The number of hydrogen-bond donors (Lipinski definition) is 0. The van der Waals surface area contributed by atoms with Crippen LogP contribution in [-0.4, -0.2) is 24.1 Å². The average molecular weight is 342 g/mol. The Hall–Kier alpha value is -1.71. The van der Waals surface area contributed by atoms with E-state index < -0.39 is 10.8 Å². The molecule has 0 aromatic rings. The predicted molar refractivity (Wildman–Crippen MR) is 92.6 cm³/mol. The molecule has 4 nitrogen and oxygen atoms in total. The zero-order valence-corrected chi connectivity index (χ0v) is 14.9. The lowest BCUT2D eigenvalue weighted by molar-refractivity contribution is -0.194. The highest BCUT2D eigenvalue weighted by Crippen LogP contribution is 2.68. The van der Waals surface area contributed by atoms with Gasteiger partial charge in [-0.05, 0) is 55.1 Å². The number of allylic oxidation sites excluding steroid dienone is 2. The van der Waals surface area contributed by atoms with Crippen molar-refractivity contribution in [3.05, 3.63) is 24.3 Å². The topological polar surface area (TPSA) is 60.4 Å². The molecule has 0 amide bonds. The van der Waals surface area contributed by atoms with E-state index in [4.69, 9.17) is 4.74 Å². The third-order valence-corrected chi connectivity index (χ3v) is 7.52. The monoisotopic (exact) mass is 342 g/mol. The molecule has 0 aromatic heterocycles.